The van der Waals surface area contributed by atoms with Crippen molar-refractivity contribution in [2.75, 3.05) is 11.9 Å². The second-order valence-corrected chi connectivity index (χ2v) is 4.69. The number of rotatable bonds is 5. The molecule has 0 aliphatic carbocycles. The van der Waals surface area contributed by atoms with E-state index < -0.39 is 0 Å². The second kappa shape index (κ2) is 6.17. The van der Waals surface area contributed by atoms with E-state index in [-0.39, 0.29) is 0 Å². The van der Waals surface area contributed by atoms with Gasteiger partial charge in [-0.1, -0.05) is 37.3 Å². The molecule has 3 rings (SSSR count). The van der Waals surface area contributed by atoms with Crippen molar-refractivity contribution < 1.29 is 0 Å². The number of aromatic nitrogens is 4. The molecule has 0 radical (unpaired) electrons. The van der Waals surface area contributed by atoms with Gasteiger partial charge in [-0.3, -0.25) is 0 Å². The van der Waals surface area contributed by atoms with Crippen LogP contribution in [0.5, 0.6) is 0 Å². The number of hydrogen-bond donors (Lipinski definition) is 2. The van der Waals surface area contributed by atoms with Crippen LogP contribution in [0.15, 0.2) is 48.8 Å². The summed E-state index contributed by atoms with van der Waals surface area (Å²) in [5.74, 6) is 2.09. The van der Waals surface area contributed by atoms with Gasteiger partial charge in [0, 0.05) is 30.6 Å². The predicted molar refractivity (Wildman–Crippen MR) is 83.8 cm³/mol. The van der Waals surface area contributed by atoms with Crippen molar-refractivity contribution >= 4 is 5.82 Å². The summed E-state index contributed by atoms with van der Waals surface area (Å²) in [4.78, 5) is 16.4. The molecule has 0 unspecified atom stereocenters. The van der Waals surface area contributed by atoms with Crippen LogP contribution in [-0.2, 0) is 0 Å². The van der Waals surface area contributed by atoms with E-state index in [1.165, 1.54) is 0 Å². The van der Waals surface area contributed by atoms with E-state index in [0.717, 1.165) is 30.0 Å². The zero-order valence-corrected chi connectivity index (χ0v) is 11.9. The third-order valence-corrected chi connectivity index (χ3v) is 3.06. The molecule has 0 amide bonds. The lowest BCUT2D eigenvalue weighted by atomic mass is 10.1. The van der Waals surface area contributed by atoms with Gasteiger partial charge in [-0.2, -0.15) is 0 Å². The molecular formula is C16H17N5. The van der Waals surface area contributed by atoms with Crippen LogP contribution in [0.25, 0.3) is 22.9 Å². The van der Waals surface area contributed by atoms with Crippen LogP contribution in [0.2, 0.25) is 0 Å². The zero-order valence-electron chi connectivity index (χ0n) is 11.9. The molecule has 2 N–H and O–H groups in total. The lowest BCUT2D eigenvalue weighted by molar-refractivity contribution is 0.964. The SMILES string of the molecule is CCCNc1cc(-c2ccccc2)nc(-c2ncc[nH]2)n1. The van der Waals surface area contributed by atoms with Crippen molar-refractivity contribution in [3.05, 3.63) is 48.8 Å². The maximum absolute atomic E-state index is 4.61. The molecule has 0 spiro atoms. The maximum Gasteiger partial charge on any atom is 0.198 e. The van der Waals surface area contributed by atoms with Crippen LogP contribution < -0.4 is 5.32 Å². The molecule has 0 bridgehead atoms. The topological polar surface area (TPSA) is 66.5 Å². The first kappa shape index (κ1) is 13.3. The van der Waals surface area contributed by atoms with Gasteiger partial charge in [-0.15, -0.1) is 0 Å². The summed E-state index contributed by atoms with van der Waals surface area (Å²) >= 11 is 0. The smallest absolute Gasteiger partial charge is 0.198 e. The number of aromatic amines is 1. The summed E-state index contributed by atoms with van der Waals surface area (Å²) in [5, 5.41) is 3.31. The second-order valence-electron chi connectivity index (χ2n) is 4.69. The van der Waals surface area contributed by atoms with E-state index >= 15 is 0 Å². The minimum atomic E-state index is 0.597. The Balaban J connectivity index is 2.05. The van der Waals surface area contributed by atoms with Crippen molar-refractivity contribution in [2.45, 2.75) is 13.3 Å². The average Bonchev–Trinajstić information content (AvgIpc) is 3.08. The first-order valence-electron chi connectivity index (χ1n) is 7.05. The van der Waals surface area contributed by atoms with Crippen LogP contribution >= 0.6 is 0 Å². The molecule has 0 atom stereocenters. The van der Waals surface area contributed by atoms with E-state index in [2.05, 4.69) is 32.2 Å². The standard InChI is InChI=1S/C16H17N5/c1-2-8-17-14-11-13(12-6-4-3-5-7-12)20-16(21-14)15-18-9-10-19-15/h3-7,9-11H,2,8H2,1H3,(H,18,19)(H,17,20,21). The van der Waals surface area contributed by atoms with E-state index in [1.807, 2.05) is 36.4 Å². The van der Waals surface area contributed by atoms with Gasteiger partial charge in [0.15, 0.2) is 11.6 Å². The van der Waals surface area contributed by atoms with Gasteiger partial charge in [0.2, 0.25) is 0 Å². The van der Waals surface area contributed by atoms with Crippen molar-refractivity contribution in [3.63, 3.8) is 0 Å². The zero-order chi connectivity index (χ0) is 14.5. The summed E-state index contributed by atoms with van der Waals surface area (Å²) in [7, 11) is 0. The summed E-state index contributed by atoms with van der Waals surface area (Å²) in [5.41, 5.74) is 1.95. The van der Waals surface area contributed by atoms with E-state index in [4.69, 9.17) is 0 Å². The first-order chi connectivity index (χ1) is 10.4. The minimum Gasteiger partial charge on any atom is -0.370 e. The lowest BCUT2D eigenvalue weighted by Crippen LogP contribution is -2.04. The largest absolute Gasteiger partial charge is 0.370 e. The molecule has 2 heterocycles. The number of imidazole rings is 1. The van der Waals surface area contributed by atoms with E-state index in [0.29, 0.717) is 11.6 Å². The fraction of sp³-hybridized carbons (Fsp3) is 0.188. The number of nitrogens with zero attached hydrogens (tertiary/aromatic N) is 3. The van der Waals surface area contributed by atoms with Gasteiger partial charge in [-0.05, 0) is 6.42 Å². The fourth-order valence-electron chi connectivity index (χ4n) is 2.04. The highest BCUT2D eigenvalue weighted by molar-refractivity contribution is 5.65. The van der Waals surface area contributed by atoms with E-state index in [9.17, 15) is 0 Å². The quantitative estimate of drug-likeness (QED) is 0.751. The van der Waals surface area contributed by atoms with Crippen LogP contribution in [0.1, 0.15) is 13.3 Å². The highest BCUT2D eigenvalue weighted by Crippen LogP contribution is 2.22. The number of nitrogens with one attached hydrogen (secondary N) is 2. The molecule has 0 aliphatic heterocycles. The van der Waals surface area contributed by atoms with Crippen LogP contribution in [0.3, 0.4) is 0 Å². The van der Waals surface area contributed by atoms with Gasteiger partial charge in [0.25, 0.3) is 0 Å². The summed E-state index contributed by atoms with van der Waals surface area (Å²) in [6.45, 7) is 3.00. The molecule has 2 aromatic heterocycles. The molecule has 0 fully saturated rings. The third-order valence-electron chi connectivity index (χ3n) is 3.06. The van der Waals surface area contributed by atoms with Crippen molar-refractivity contribution in [3.8, 4) is 22.9 Å². The molecule has 0 saturated heterocycles. The Morgan fingerprint density at radius 3 is 2.71 bits per heavy atom. The Kier molecular flexibility index (Phi) is 3.91. The predicted octanol–water partition coefficient (Wildman–Crippen LogP) is 3.36. The molecule has 1 aromatic carbocycles. The molecule has 3 aromatic rings. The van der Waals surface area contributed by atoms with Crippen LogP contribution in [-0.4, -0.2) is 26.5 Å². The molecule has 0 saturated carbocycles. The Bertz CT molecular complexity index is 692. The molecule has 106 valence electrons. The van der Waals surface area contributed by atoms with Crippen molar-refractivity contribution in [2.24, 2.45) is 0 Å². The Morgan fingerprint density at radius 1 is 1.14 bits per heavy atom. The molecule has 5 nitrogen and oxygen atoms in total. The van der Waals surface area contributed by atoms with Gasteiger partial charge in [-0.25, -0.2) is 15.0 Å². The van der Waals surface area contributed by atoms with Gasteiger partial charge >= 0.3 is 0 Å². The Labute approximate surface area is 123 Å². The van der Waals surface area contributed by atoms with Gasteiger partial charge < -0.3 is 10.3 Å². The Hall–Kier alpha value is -2.69. The summed E-state index contributed by atoms with van der Waals surface area (Å²) in [6, 6.07) is 12.0. The fourth-order valence-corrected chi connectivity index (χ4v) is 2.04. The first-order valence-corrected chi connectivity index (χ1v) is 7.05. The lowest BCUT2D eigenvalue weighted by Gasteiger charge is -2.08. The number of H-pyrrole nitrogens is 1. The maximum atomic E-state index is 4.61. The molecule has 5 heteroatoms. The van der Waals surface area contributed by atoms with Crippen LogP contribution in [0.4, 0.5) is 5.82 Å². The van der Waals surface area contributed by atoms with Crippen LogP contribution in [0, 0.1) is 0 Å². The molecule has 0 aliphatic rings. The van der Waals surface area contributed by atoms with Gasteiger partial charge in [0.1, 0.15) is 5.82 Å². The number of benzene rings is 1. The molecular weight excluding hydrogens is 262 g/mol. The van der Waals surface area contributed by atoms with Gasteiger partial charge in [0.05, 0.1) is 5.69 Å². The molecule has 21 heavy (non-hydrogen) atoms. The van der Waals surface area contributed by atoms with Crippen molar-refractivity contribution in [1.82, 2.24) is 19.9 Å². The minimum absolute atomic E-state index is 0.597. The third kappa shape index (κ3) is 3.08. The van der Waals surface area contributed by atoms with E-state index in [1.54, 1.807) is 12.4 Å². The highest BCUT2D eigenvalue weighted by atomic mass is 15.1. The normalized spacial score (nSPS) is 10.5. The average molecular weight is 279 g/mol. The number of anilines is 1. The van der Waals surface area contributed by atoms with Crippen molar-refractivity contribution in [1.29, 1.82) is 0 Å². The monoisotopic (exact) mass is 279 g/mol. The Morgan fingerprint density at radius 2 is 2.00 bits per heavy atom. The summed E-state index contributed by atoms with van der Waals surface area (Å²) < 4.78 is 0. The number of hydrogen-bond acceptors (Lipinski definition) is 4. The highest BCUT2D eigenvalue weighted by Gasteiger charge is 2.09. The summed E-state index contributed by atoms with van der Waals surface area (Å²) in [6.07, 6.45) is 4.51.